The normalized spacial score (nSPS) is 16.7. The van der Waals surface area contributed by atoms with Crippen LogP contribution in [-0.4, -0.2) is 15.9 Å². The molecule has 0 atom stereocenters. The Hall–Kier alpha value is -2.41. The molecule has 2 heterocycles. The Bertz CT molecular complexity index is 904. The summed E-state index contributed by atoms with van der Waals surface area (Å²) in [6.45, 7) is 0. The summed E-state index contributed by atoms with van der Waals surface area (Å²) in [5.74, 6) is -0.800. The van der Waals surface area contributed by atoms with Crippen LogP contribution in [0.4, 0.5) is 0 Å². The molecule has 2 aromatic heterocycles. The van der Waals surface area contributed by atoms with Crippen molar-refractivity contribution in [3.05, 3.63) is 50.9 Å². The number of hydrogen-bond acceptors (Lipinski definition) is 5. The van der Waals surface area contributed by atoms with Crippen LogP contribution in [0, 0.1) is 0 Å². The SMILES string of the molecule is O=C(NC1(c2nccs2)CCCC1)c1cccc2[nH]c(=O)oc12. The predicted octanol–water partition coefficient (Wildman–Crippen LogP) is 2.78. The van der Waals surface area contributed by atoms with Gasteiger partial charge in [0.2, 0.25) is 0 Å². The van der Waals surface area contributed by atoms with E-state index >= 15 is 0 Å². The van der Waals surface area contributed by atoms with Gasteiger partial charge in [0.15, 0.2) is 5.58 Å². The number of rotatable bonds is 3. The molecular weight excluding hydrogens is 314 g/mol. The summed E-state index contributed by atoms with van der Waals surface area (Å²) < 4.78 is 5.12. The molecule has 23 heavy (non-hydrogen) atoms. The average molecular weight is 329 g/mol. The zero-order valence-corrected chi connectivity index (χ0v) is 13.1. The van der Waals surface area contributed by atoms with E-state index in [1.165, 1.54) is 0 Å². The number of carbonyl (C=O) groups excluding carboxylic acids is 1. The molecule has 1 aliphatic carbocycles. The second-order valence-electron chi connectivity index (χ2n) is 5.78. The molecule has 118 valence electrons. The molecule has 1 amide bonds. The number of fused-ring (bicyclic) bond motifs is 1. The summed E-state index contributed by atoms with van der Waals surface area (Å²) in [6, 6.07) is 5.11. The Balaban J connectivity index is 1.72. The predicted molar refractivity (Wildman–Crippen MR) is 86.6 cm³/mol. The van der Waals surface area contributed by atoms with Gasteiger partial charge in [-0.1, -0.05) is 18.9 Å². The highest BCUT2D eigenvalue weighted by Crippen LogP contribution is 2.40. The maximum atomic E-state index is 12.8. The van der Waals surface area contributed by atoms with E-state index in [-0.39, 0.29) is 5.91 Å². The van der Waals surface area contributed by atoms with Gasteiger partial charge >= 0.3 is 5.76 Å². The monoisotopic (exact) mass is 329 g/mol. The lowest BCUT2D eigenvalue weighted by Crippen LogP contribution is -2.43. The first-order chi connectivity index (χ1) is 11.2. The van der Waals surface area contributed by atoms with E-state index in [0.29, 0.717) is 16.7 Å². The number of H-pyrrole nitrogens is 1. The number of carbonyl (C=O) groups is 1. The van der Waals surface area contributed by atoms with Crippen molar-refractivity contribution in [1.82, 2.24) is 15.3 Å². The number of nitrogens with one attached hydrogen (secondary N) is 2. The number of hydrogen-bond donors (Lipinski definition) is 2. The molecule has 6 nitrogen and oxygen atoms in total. The van der Waals surface area contributed by atoms with Crippen molar-refractivity contribution in [2.75, 3.05) is 0 Å². The number of aromatic amines is 1. The molecule has 2 N–H and O–H groups in total. The highest BCUT2D eigenvalue weighted by atomic mass is 32.1. The number of amides is 1. The number of para-hydroxylation sites is 1. The fourth-order valence-electron chi connectivity index (χ4n) is 3.27. The van der Waals surface area contributed by atoms with Crippen molar-refractivity contribution in [3.63, 3.8) is 0 Å². The highest BCUT2D eigenvalue weighted by Gasteiger charge is 2.39. The van der Waals surface area contributed by atoms with Crippen molar-refractivity contribution in [2.45, 2.75) is 31.2 Å². The molecule has 0 aliphatic heterocycles. The van der Waals surface area contributed by atoms with Crippen LogP contribution in [0.15, 0.2) is 39.0 Å². The molecule has 3 aromatic rings. The number of thiazole rings is 1. The minimum Gasteiger partial charge on any atom is -0.407 e. The molecule has 4 rings (SSSR count). The van der Waals surface area contributed by atoms with Gasteiger partial charge in [-0.05, 0) is 25.0 Å². The molecule has 1 fully saturated rings. The van der Waals surface area contributed by atoms with Gasteiger partial charge in [0, 0.05) is 11.6 Å². The molecular formula is C16H15N3O3S. The fourth-order valence-corrected chi connectivity index (χ4v) is 4.12. The third-order valence-corrected chi connectivity index (χ3v) is 5.32. The van der Waals surface area contributed by atoms with Crippen molar-refractivity contribution in [3.8, 4) is 0 Å². The molecule has 7 heteroatoms. The van der Waals surface area contributed by atoms with E-state index in [2.05, 4.69) is 15.3 Å². The first-order valence-corrected chi connectivity index (χ1v) is 8.40. The van der Waals surface area contributed by atoms with Crippen molar-refractivity contribution >= 4 is 28.3 Å². The molecule has 0 radical (unpaired) electrons. The summed E-state index contributed by atoms with van der Waals surface area (Å²) >= 11 is 1.56. The van der Waals surface area contributed by atoms with Crippen LogP contribution < -0.4 is 11.1 Å². The van der Waals surface area contributed by atoms with Gasteiger partial charge in [0.1, 0.15) is 5.01 Å². The third kappa shape index (κ3) is 2.37. The van der Waals surface area contributed by atoms with Crippen molar-refractivity contribution < 1.29 is 9.21 Å². The molecule has 1 aromatic carbocycles. The van der Waals surface area contributed by atoms with E-state index in [0.717, 1.165) is 30.7 Å². The molecule has 0 bridgehead atoms. The average Bonchev–Trinajstić information content (AvgIpc) is 3.26. The molecule has 1 aliphatic rings. The van der Waals surface area contributed by atoms with E-state index in [4.69, 9.17) is 4.42 Å². The van der Waals surface area contributed by atoms with E-state index in [1.807, 2.05) is 5.38 Å². The van der Waals surface area contributed by atoms with E-state index in [1.54, 1.807) is 35.7 Å². The number of aromatic nitrogens is 2. The first kappa shape index (κ1) is 14.2. The Morgan fingerprint density at radius 1 is 1.35 bits per heavy atom. The van der Waals surface area contributed by atoms with Crippen molar-refractivity contribution in [1.29, 1.82) is 0 Å². The Labute approximate surface area is 135 Å². The van der Waals surface area contributed by atoms with Crippen molar-refractivity contribution in [2.24, 2.45) is 0 Å². The van der Waals surface area contributed by atoms with E-state index in [9.17, 15) is 9.59 Å². The summed E-state index contributed by atoms with van der Waals surface area (Å²) in [4.78, 5) is 31.2. The zero-order valence-electron chi connectivity index (χ0n) is 12.3. The maximum absolute atomic E-state index is 12.8. The van der Waals surface area contributed by atoms with Gasteiger partial charge in [-0.3, -0.25) is 9.78 Å². The van der Waals surface area contributed by atoms with Crippen LogP contribution in [-0.2, 0) is 5.54 Å². The van der Waals surface area contributed by atoms with Crippen LogP contribution in [0.2, 0.25) is 0 Å². The number of oxazole rings is 1. The molecule has 1 saturated carbocycles. The van der Waals surface area contributed by atoms with Crippen LogP contribution in [0.5, 0.6) is 0 Å². The summed E-state index contributed by atoms with van der Waals surface area (Å²) in [5.41, 5.74) is 0.771. The summed E-state index contributed by atoms with van der Waals surface area (Å²) in [5, 5.41) is 6.01. The van der Waals surface area contributed by atoms with Gasteiger partial charge in [-0.15, -0.1) is 11.3 Å². The molecule has 0 unspecified atom stereocenters. The largest absolute Gasteiger partial charge is 0.417 e. The number of nitrogens with zero attached hydrogens (tertiary/aromatic N) is 1. The Morgan fingerprint density at radius 3 is 2.91 bits per heavy atom. The number of benzene rings is 1. The minimum absolute atomic E-state index is 0.240. The lowest BCUT2D eigenvalue weighted by molar-refractivity contribution is 0.0898. The molecule has 0 saturated heterocycles. The molecule has 0 spiro atoms. The lowest BCUT2D eigenvalue weighted by Gasteiger charge is -2.28. The lowest BCUT2D eigenvalue weighted by atomic mass is 9.97. The van der Waals surface area contributed by atoms with Gasteiger partial charge in [-0.2, -0.15) is 0 Å². The standard InChI is InChI=1S/C16H15N3O3S/c20-13(10-4-3-5-11-12(10)22-15(21)18-11)19-16(6-1-2-7-16)14-17-8-9-23-14/h3-5,8-9H,1-2,6-7H2,(H,18,21)(H,19,20). The highest BCUT2D eigenvalue weighted by molar-refractivity contribution is 7.09. The summed E-state index contributed by atoms with van der Waals surface area (Å²) in [7, 11) is 0. The van der Waals surface area contributed by atoms with Gasteiger partial charge in [0.05, 0.1) is 16.6 Å². The van der Waals surface area contributed by atoms with E-state index < -0.39 is 11.3 Å². The zero-order chi connectivity index (χ0) is 15.9. The van der Waals surface area contributed by atoms with Gasteiger partial charge in [0.25, 0.3) is 5.91 Å². The van der Waals surface area contributed by atoms with Crippen LogP contribution in [0.3, 0.4) is 0 Å². The van der Waals surface area contributed by atoms with Crippen LogP contribution in [0.25, 0.3) is 11.1 Å². The van der Waals surface area contributed by atoms with Crippen LogP contribution in [0.1, 0.15) is 41.0 Å². The topological polar surface area (TPSA) is 88.0 Å². The smallest absolute Gasteiger partial charge is 0.407 e. The third-order valence-electron chi connectivity index (χ3n) is 4.34. The maximum Gasteiger partial charge on any atom is 0.417 e. The Kier molecular flexibility index (Phi) is 3.30. The summed E-state index contributed by atoms with van der Waals surface area (Å²) in [6.07, 6.45) is 5.63. The Morgan fingerprint density at radius 2 is 2.17 bits per heavy atom. The fraction of sp³-hybridized carbons (Fsp3) is 0.312. The second kappa shape index (κ2) is 5.34. The minimum atomic E-state index is -0.559. The quantitative estimate of drug-likeness (QED) is 0.773. The van der Waals surface area contributed by atoms with Crippen LogP contribution >= 0.6 is 11.3 Å². The van der Waals surface area contributed by atoms with Gasteiger partial charge < -0.3 is 9.73 Å². The van der Waals surface area contributed by atoms with Gasteiger partial charge in [-0.25, -0.2) is 9.78 Å². The second-order valence-corrected chi connectivity index (χ2v) is 6.67. The first-order valence-electron chi connectivity index (χ1n) is 7.52.